The molecule has 0 spiro atoms. The number of primary amides is 1. The lowest BCUT2D eigenvalue weighted by molar-refractivity contribution is 0.100. The number of hydrogen-bond acceptors (Lipinski definition) is 3. The van der Waals surface area contributed by atoms with Crippen LogP contribution >= 0.6 is 11.6 Å². The van der Waals surface area contributed by atoms with Crippen LogP contribution in [0.15, 0.2) is 24.4 Å². The largest absolute Gasteiger partial charge is 0.392 e. The van der Waals surface area contributed by atoms with E-state index >= 15 is 0 Å². The number of carbonyl (C=O) groups is 1. The summed E-state index contributed by atoms with van der Waals surface area (Å²) in [5, 5.41) is 4.22. The third-order valence-electron chi connectivity index (χ3n) is 2.37. The van der Waals surface area contributed by atoms with E-state index in [-0.39, 0.29) is 22.1 Å². The first-order chi connectivity index (χ1) is 8.54. The van der Waals surface area contributed by atoms with E-state index in [1.807, 2.05) is 0 Å². The number of halogens is 1. The van der Waals surface area contributed by atoms with Gasteiger partial charge < -0.3 is 11.5 Å². The maximum Gasteiger partial charge on any atom is 0.250 e. The van der Waals surface area contributed by atoms with Crippen LogP contribution < -0.4 is 11.5 Å². The Morgan fingerprint density at radius 1 is 1.50 bits per heavy atom. The highest BCUT2D eigenvalue weighted by Gasteiger charge is 2.12. The Kier molecular flexibility index (Phi) is 2.92. The summed E-state index contributed by atoms with van der Waals surface area (Å²) in [5.41, 5.74) is 11.9. The molecule has 0 fully saturated rings. The molecule has 18 heavy (non-hydrogen) atoms. The van der Waals surface area contributed by atoms with Crippen LogP contribution in [0, 0.1) is 6.57 Å². The van der Waals surface area contributed by atoms with Gasteiger partial charge in [-0.3, -0.25) is 4.79 Å². The summed E-state index contributed by atoms with van der Waals surface area (Å²) in [6.45, 7) is 6.90. The Morgan fingerprint density at radius 3 is 2.78 bits per heavy atom. The normalized spacial score (nSPS) is 10.0. The lowest BCUT2D eigenvalue weighted by Gasteiger charge is -2.07. The lowest BCUT2D eigenvalue weighted by atomic mass is 10.2. The van der Waals surface area contributed by atoms with Gasteiger partial charge >= 0.3 is 0 Å². The van der Waals surface area contributed by atoms with Gasteiger partial charge in [-0.1, -0.05) is 11.6 Å². The zero-order valence-electron chi connectivity index (χ0n) is 9.09. The molecule has 90 valence electrons. The van der Waals surface area contributed by atoms with Crippen molar-refractivity contribution in [1.82, 2.24) is 9.78 Å². The molecule has 0 aliphatic carbocycles. The van der Waals surface area contributed by atoms with Crippen LogP contribution in [0.4, 0.5) is 11.5 Å². The first-order valence-corrected chi connectivity index (χ1v) is 5.23. The van der Waals surface area contributed by atoms with Gasteiger partial charge in [0.05, 0.1) is 29.0 Å². The molecule has 0 aliphatic rings. The van der Waals surface area contributed by atoms with E-state index in [0.717, 1.165) is 0 Å². The molecule has 4 N–H and O–H groups in total. The van der Waals surface area contributed by atoms with Gasteiger partial charge in [0.2, 0.25) is 11.6 Å². The number of nitrogens with zero attached hydrogens (tertiary/aromatic N) is 3. The molecule has 0 unspecified atom stereocenters. The molecule has 7 heteroatoms. The van der Waals surface area contributed by atoms with Gasteiger partial charge in [-0.05, 0) is 18.2 Å². The highest BCUT2D eigenvalue weighted by molar-refractivity contribution is 6.33. The van der Waals surface area contributed by atoms with Crippen LogP contribution in [0.3, 0.4) is 0 Å². The topological polar surface area (TPSA) is 91.3 Å². The Balaban J connectivity index is 2.58. The maximum atomic E-state index is 11.2. The number of aromatic nitrogens is 2. The molecule has 0 aliphatic heterocycles. The van der Waals surface area contributed by atoms with Crippen LogP contribution in [0.2, 0.25) is 5.02 Å². The summed E-state index contributed by atoms with van der Waals surface area (Å²) in [6, 6.07) is 4.63. The number of hydrogen-bond donors (Lipinski definition) is 2. The highest BCUT2D eigenvalue weighted by atomic mass is 35.5. The van der Waals surface area contributed by atoms with Crippen LogP contribution in [0.5, 0.6) is 0 Å². The molecule has 1 aromatic heterocycles. The molecule has 0 bridgehead atoms. The van der Waals surface area contributed by atoms with Crippen molar-refractivity contribution in [1.29, 1.82) is 0 Å². The first kappa shape index (κ1) is 12.0. The molecule has 6 nitrogen and oxygen atoms in total. The van der Waals surface area contributed by atoms with Crippen LogP contribution in [-0.2, 0) is 0 Å². The van der Waals surface area contributed by atoms with E-state index in [4.69, 9.17) is 29.6 Å². The van der Waals surface area contributed by atoms with Crippen molar-refractivity contribution >= 4 is 29.0 Å². The van der Waals surface area contributed by atoms with Crippen molar-refractivity contribution in [2.24, 2.45) is 5.73 Å². The molecule has 2 rings (SSSR count). The zero-order chi connectivity index (χ0) is 13.3. The molecule has 2 aromatic rings. The fourth-order valence-electron chi connectivity index (χ4n) is 1.47. The predicted octanol–water partition coefficient (Wildman–Crippen LogP) is 1.76. The van der Waals surface area contributed by atoms with Crippen molar-refractivity contribution in [2.45, 2.75) is 0 Å². The molecule has 1 aromatic carbocycles. The SMILES string of the molecule is [C-]#[N+]c1cnn(-c2ccc(Cl)c(C(N)=O)c2)c1N. The zero-order valence-corrected chi connectivity index (χ0v) is 9.85. The molecule has 0 saturated heterocycles. The number of anilines is 1. The fraction of sp³-hybridized carbons (Fsp3) is 0. The number of nitrogen functional groups attached to an aromatic ring is 1. The summed E-state index contributed by atoms with van der Waals surface area (Å²) in [4.78, 5) is 14.4. The summed E-state index contributed by atoms with van der Waals surface area (Å²) in [6.07, 6.45) is 1.35. The molecule has 1 heterocycles. The molecule has 0 saturated carbocycles. The van der Waals surface area contributed by atoms with Crippen LogP contribution in [0.25, 0.3) is 10.5 Å². The van der Waals surface area contributed by atoms with E-state index in [1.165, 1.54) is 23.0 Å². The molecular formula is C11H8ClN5O. The molecule has 0 atom stereocenters. The van der Waals surface area contributed by atoms with E-state index in [9.17, 15) is 4.79 Å². The Hall–Kier alpha value is -2.52. The number of carbonyl (C=O) groups excluding carboxylic acids is 1. The number of amides is 1. The number of benzene rings is 1. The minimum atomic E-state index is -0.641. The van der Waals surface area contributed by atoms with Crippen molar-refractivity contribution in [3.05, 3.63) is 46.4 Å². The summed E-state index contributed by atoms with van der Waals surface area (Å²) in [5.74, 6) is -0.444. The van der Waals surface area contributed by atoms with Gasteiger partial charge in [0, 0.05) is 0 Å². The van der Waals surface area contributed by atoms with Gasteiger partial charge in [-0.2, -0.15) is 5.10 Å². The lowest BCUT2D eigenvalue weighted by Crippen LogP contribution is -2.12. The Labute approximate surface area is 108 Å². The average Bonchev–Trinajstić information content (AvgIpc) is 2.71. The highest BCUT2D eigenvalue weighted by Crippen LogP contribution is 2.26. The van der Waals surface area contributed by atoms with Gasteiger partial charge in [0.25, 0.3) is 0 Å². The molecular weight excluding hydrogens is 254 g/mol. The second kappa shape index (κ2) is 4.39. The van der Waals surface area contributed by atoms with Gasteiger partial charge in [0.1, 0.15) is 5.82 Å². The van der Waals surface area contributed by atoms with Crippen molar-refractivity contribution in [3.63, 3.8) is 0 Å². The standard InChI is InChI=1S/C11H8ClN5O/c1-15-9-5-16-17(10(9)13)6-2-3-8(12)7(4-6)11(14)18/h2-5H,13H2,(H2,14,18). The minimum absolute atomic E-state index is 0.174. The van der Waals surface area contributed by atoms with Gasteiger partial charge in [-0.15, -0.1) is 0 Å². The minimum Gasteiger partial charge on any atom is -0.392 e. The van der Waals surface area contributed by atoms with Crippen molar-refractivity contribution in [3.8, 4) is 5.69 Å². The second-order valence-electron chi connectivity index (χ2n) is 3.47. The summed E-state index contributed by atoms with van der Waals surface area (Å²) >= 11 is 5.84. The van der Waals surface area contributed by atoms with Crippen LogP contribution in [-0.4, -0.2) is 15.7 Å². The quantitative estimate of drug-likeness (QED) is 0.807. The number of rotatable bonds is 2. The number of nitrogens with two attached hydrogens (primary N) is 2. The summed E-state index contributed by atoms with van der Waals surface area (Å²) < 4.78 is 1.34. The average molecular weight is 262 g/mol. The third-order valence-corrected chi connectivity index (χ3v) is 2.70. The van der Waals surface area contributed by atoms with Crippen molar-refractivity contribution in [2.75, 3.05) is 5.73 Å². The predicted molar refractivity (Wildman–Crippen MR) is 67.8 cm³/mol. The van der Waals surface area contributed by atoms with E-state index in [0.29, 0.717) is 5.69 Å². The monoisotopic (exact) mass is 261 g/mol. The maximum absolute atomic E-state index is 11.2. The first-order valence-electron chi connectivity index (χ1n) is 4.85. The van der Waals surface area contributed by atoms with Gasteiger partial charge in [0.15, 0.2) is 0 Å². The third kappa shape index (κ3) is 1.87. The smallest absolute Gasteiger partial charge is 0.250 e. The molecule has 0 radical (unpaired) electrons. The van der Waals surface area contributed by atoms with E-state index in [1.54, 1.807) is 6.07 Å². The fourth-order valence-corrected chi connectivity index (χ4v) is 1.69. The summed E-state index contributed by atoms with van der Waals surface area (Å²) in [7, 11) is 0. The molecule has 1 amide bonds. The van der Waals surface area contributed by atoms with E-state index < -0.39 is 5.91 Å². The van der Waals surface area contributed by atoms with Gasteiger partial charge in [-0.25, -0.2) is 9.53 Å². The van der Waals surface area contributed by atoms with Crippen LogP contribution in [0.1, 0.15) is 10.4 Å². The van der Waals surface area contributed by atoms with E-state index in [2.05, 4.69) is 9.94 Å². The van der Waals surface area contributed by atoms with Crippen molar-refractivity contribution < 1.29 is 4.79 Å². The Morgan fingerprint density at radius 2 is 2.22 bits per heavy atom. The Bertz CT molecular complexity index is 671. The second-order valence-corrected chi connectivity index (χ2v) is 3.87.